The second-order valence-corrected chi connectivity index (χ2v) is 6.43. The van der Waals surface area contributed by atoms with E-state index >= 15 is 0 Å². The maximum absolute atomic E-state index is 10.6. The molecule has 7 nitrogen and oxygen atoms in total. The van der Waals surface area contributed by atoms with Crippen LogP contribution in [0.1, 0.15) is 11.1 Å². The fourth-order valence-electron chi connectivity index (χ4n) is 2.25. The van der Waals surface area contributed by atoms with Gasteiger partial charge in [0.1, 0.15) is 18.6 Å². The molecule has 142 valence electrons. The number of anilines is 1. The lowest BCUT2D eigenvalue weighted by Crippen LogP contribution is -1.98. The highest BCUT2D eigenvalue weighted by Crippen LogP contribution is 2.34. The van der Waals surface area contributed by atoms with Gasteiger partial charge in [0.2, 0.25) is 0 Å². The Morgan fingerprint density at radius 2 is 1.86 bits per heavy atom. The molecule has 28 heavy (non-hydrogen) atoms. The fraction of sp³-hybridized carbons (Fsp3) is 0.0526. The van der Waals surface area contributed by atoms with Crippen LogP contribution in [0.2, 0.25) is 10.0 Å². The SMILES string of the molecule is O=[N+]([O-])c1ccc(NN=Cc2cc(Cl)c(OCc3ccccc3)c(Cl)c2)nc1. The molecule has 1 aromatic heterocycles. The fourth-order valence-corrected chi connectivity index (χ4v) is 2.87. The van der Waals surface area contributed by atoms with E-state index in [0.717, 1.165) is 11.8 Å². The molecule has 0 unspecified atom stereocenters. The predicted octanol–water partition coefficient (Wildman–Crippen LogP) is 5.32. The molecule has 0 aliphatic rings. The molecule has 0 spiro atoms. The molecule has 1 heterocycles. The maximum Gasteiger partial charge on any atom is 0.287 e. The molecule has 3 aromatic rings. The van der Waals surface area contributed by atoms with Crippen molar-refractivity contribution in [1.29, 1.82) is 0 Å². The summed E-state index contributed by atoms with van der Waals surface area (Å²) in [7, 11) is 0. The van der Waals surface area contributed by atoms with Crippen molar-refractivity contribution in [3.05, 3.63) is 92.1 Å². The summed E-state index contributed by atoms with van der Waals surface area (Å²) in [5.41, 5.74) is 4.23. The molecule has 0 radical (unpaired) electrons. The first-order valence-corrected chi connectivity index (χ1v) is 8.84. The Morgan fingerprint density at radius 3 is 2.46 bits per heavy atom. The Bertz CT molecular complexity index is 973. The van der Waals surface area contributed by atoms with Crippen molar-refractivity contribution in [2.24, 2.45) is 5.10 Å². The average Bonchev–Trinajstić information content (AvgIpc) is 2.68. The summed E-state index contributed by atoms with van der Waals surface area (Å²) in [4.78, 5) is 14.0. The Balaban J connectivity index is 1.64. The lowest BCUT2D eigenvalue weighted by molar-refractivity contribution is -0.385. The van der Waals surface area contributed by atoms with Crippen molar-refractivity contribution in [3.63, 3.8) is 0 Å². The number of rotatable bonds is 7. The number of hydrogen-bond acceptors (Lipinski definition) is 6. The molecule has 9 heteroatoms. The molecular weight excluding hydrogens is 403 g/mol. The highest BCUT2D eigenvalue weighted by atomic mass is 35.5. The monoisotopic (exact) mass is 416 g/mol. The van der Waals surface area contributed by atoms with Crippen molar-refractivity contribution in [2.75, 3.05) is 5.43 Å². The van der Waals surface area contributed by atoms with Crippen molar-refractivity contribution in [1.82, 2.24) is 4.98 Å². The van der Waals surface area contributed by atoms with Crippen LogP contribution in [0.15, 0.2) is 65.9 Å². The summed E-state index contributed by atoms with van der Waals surface area (Å²) < 4.78 is 5.72. The average molecular weight is 417 g/mol. The van der Waals surface area contributed by atoms with Gasteiger partial charge in [0.25, 0.3) is 5.69 Å². The van der Waals surface area contributed by atoms with E-state index in [1.54, 1.807) is 12.1 Å². The number of ether oxygens (including phenoxy) is 1. The van der Waals surface area contributed by atoms with Crippen LogP contribution >= 0.6 is 23.2 Å². The third-order valence-corrected chi connectivity index (χ3v) is 4.16. The Kier molecular flexibility index (Phi) is 6.41. The summed E-state index contributed by atoms with van der Waals surface area (Å²) in [5.74, 6) is 0.760. The number of halogens is 2. The zero-order valence-corrected chi connectivity index (χ0v) is 15.9. The quantitative estimate of drug-likeness (QED) is 0.319. The zero-order valence-electron chi connectivity index (χ0n) is 14.4. The van der Waals surface area contributed by atoms with Crippen molar-refractivity contribution < 1.29 is 9.66 Å². The van der Waals surface area contributed by atoms with Gasteiger partial charge < -0.3 is 4.74 Å². The Morgan fingerprint density at radius 1 is 1.14 bits per heavy atom. The minimum atomic E-state index is -0.522. The van der Waals surface area contributed by atoms with E-state index in [4.69, 9.17) is 27.9 Å². The summed E-state index contributed by atoms with van der Waals surface area (Å²) in [6, 6.07) is 15.8. The molecule has 2 aromatic carbocycles. The second kappa shape index (κ2) is 9.16. The van der Waals surface area contributed by atoms with E-state index in [9.17, 15) is 10.1 Å². The van der Waals surface area contributed by atoms with Gasteiger partial charge in [-0.3, -0.25) is 15.5 Å². The highest BCUT2D eigenvalue weighted by molar-refractivity contribution is 6.37. The summed E-state index contributed by atoms with van der Waals surface area (Å²) in [6.45, 7) is 0.348. The van der Waals surface area contributed by atoms with Gasteiger partial charge in [-0.1, -0.05) is 53.5 Å². The predicted molar refractivity (Wildman–Crippen MR) is 109 cm³/mol. The normalized spacial score (nSPS) is 10.8. The van der Waals surface area contributed by atoms with Crippen LogP contribution in [0.4, 0.5) is 11.5 Å². The zero-order chi connectivity index (χ0) is 19.9. The van der Waals surface area contributed by atoms with E-state index in [1.807, 2.05) is 30.3 Å². The molecular formula is C19H14Cl2N4O3. The van der Waals surface area contributed by atoms with E-state index in [2.05, 4.69) is 15.5 Å². The van der Waals surface area contributed by atoms with Crippen LogP contribution < -0.4 is 10.2 Å². The molecule has 0 atom stereocenters. The Hall–Kier alpha value is -3.16. The summed E-state index contributed by atoms with van der Waals surface area (Å²) in [6.07, 6.45) is 2.65. The summed E-state index contributed by atoms with van der Waals surface area (Å²) >= 11 is 12.6. The number of hydrogen-bond donors (Lipinski definition) is 1. The lowest BCUT2D eigenvalue weighted by Gasteiger charge is -2.11. The van der Waals surface area contributed by atoms with Crippen molar-refractivity contribution >= 4 is 40.9 Å². The first-order chi connectivity index (χ1) is 13.5. The molecule has 0 saturated heterocycles. The van der Waals surface area contributed by atoms with Gasteiger partial charge in [-0.2, -0.15) is 5.10 Å². The van der Waals surface area contributed by atoms with Gasteiger partial charge in [-0.25, -0.2) is 4.98 Å². The van der Waals surface area contributed by atoms with Crippen LogP contribution in [0.5, 0.6) is 5.75 Å². The summed E-state index contributed by atoms with van der Waals surface area (Å²) in [5, 5.41) is 15.4. The maximum atomic E-state index is 10.6. The van der Waals surface area contributed by atoms with Crippen LogP contribution in [-0.4, -0.2) is 16.1 Å². The second-order valence-electron chi connectivity index (χ2n) is 5.62. The first-order valence-electron chi connectivity index (χ1n) is 8.08. The molecule has 0 amide bonds. The topological polar surface area (TPSA) is 89.7 Å². The third kappa shape index (κ3) is 5.18. The molecule has 0 fully saturated rings. The van der Waals surface area contributed by atoms with Crippen LogP contribution in [-0.2, 0) is 6.61 Å². The number of pyridine rings is 1. The molecule has 0 bridgehead atoms. The molecule has 0 saturated carbocycles. The Labute approximate surface area is 170 Å². The number of nitrogens with zero attached hydrogens (tertiary/aromatic N) is 3. The van der Waals surface area contributed by atoms with E-state index in [1.165, 1.54) is 18.3 Å². The third-order valence-electron chi connectivity index (χ3n) is 3.60. The number of benzene rings is 2. The van der Waals surface area contributed by atoms with Gasteiger partial charge in [0.15, 0.2) is 5.75 Å². The number of nitrogens with one attached hydrogen (secondary N) is 1. The van der Waals surface area contributed by atoms with Gasteiger partial charge >= 0.3 is 0 Å². The van der Waals surface area contributed by atoms with Gasteiger partial charge in [-0.05, 0) is 29.3 Å². The van der Waals surface area contributed by atoms with Crippen molar-refractivity contribution in [2.45, 2.75) is 6.61 Å². The van der Waals surface area contributed by atoms with E-state index < -0.39 is 4.92 Å². The highest BCUT2D eigenvalue weighted by Gasteiger charge is 2.10. The van der Waals surface area contributed by atoms with Crippen LogP contribution in [0.3, 0.4) is 0 Å². The number of nitro groups is 1. The van der Waals surface area contributed by atoms with Crippen molar-refractivity contribution in [3.8, 4) is 5.75 Å². The molecule has 0 aliphatic heterocycles. The molecule has 3 rings (SSSR count). The van der Waals surface area contributed by atoms with Crippen LogP contribution in [0.25, 0.3) is 0 Å². The first kappa shape index (κ1) is 19.6. The lowest BCUT2D eigenvalue weighted by atomic mass is 10.2. The largest absolute Gasteiger partial charge is 0.486 e. The van der Waals surface area contributed by atoms with Crippen LogP contribution in [0, 0.1) is 10.1 Å². The standard InChI is InChI=1S/C19H14Cl2N4O3/c20-16-8-14(10-23-24-18-7-6-15(11-22-18)25(26)27)9-17(21)19(16)28-12-13-4-2-1-3-5-13/h1-11H,12H2,(H,22,24). The number of hydrazone groups is 1. The van der Waals surface area contributed by atoms with E-state index in [0.29, 0.717) is 33.8 Å². The molecule has 0 aliphatic carbocycles. The van der Waals surface area contributed by atoms with Gasteiger partial charge in [0.05, 0.1) is 21.2 Å². The van der Waals surface area contributed by atoms with E-state index in [-0.39, 0.29) is 5.69 Å². The minimum Gasteiger partial charge on any atom is -0.486 e. The van der Waals surface area contributed by atoms with Gasteiger partial charge in [-0.15, -0.1) is 0 Å². The number of aromatic nitrogens is 1. The smallest absolute Gasteiger partial charge is 0.287 e. The minimum absolute atomic E-state index is 0.0980. The van der Waals surface area contributed by atoms with Gasteiger partial charge in [0, 0.05) is 6.07 Å². The molecule has 1 N–H and O–H groups in total.